The number of benzene rings is 1. The topological polar surface area (TPSA) is 66.4 Å². The highest BCUT2D eigenvalue weighted by Crippen LogP contribution is 2.15. The molecule has 1 rings (SSSR count). The van der Waals surface area contributed by atoms with Crippen LogP contribution in [0.25, 0.3) is 6.08 Å². The molecule has 0 aromatic heterocycles. The van der Waals surface area contributed by atoms with Crippen molar-refractivity contribution in [2.24, 2.45) is 5.92 Å². The van der Waals surface area contributed by atoms with Gasteiger partial charge in [0.15, 0.2) is 0 Å². The summed E-state index contributed by atoms with van der Waals surface area (Å²) in [5.74, 6) is -0.745. The van der Waals surface area contributed by atoms with Gasteiger partial charge in [-0.15, -0.1) is 0 Å². The molecule has 4 nitrogen and oxygen atoms in total. The third-order valence-corrected chi connectivity index (χ3v) is 2.70. The van der Waals surface area contributed by atoms with Crippen LogP contribution in [0.1, 0.15) is 35.3 Å². The molecule has 1 amide bonds. The smallest absolute Gasteiger partial charge is 0.328 e. The van der Waals surface area contributed by atoms with Gasteiger partial charge in [0.05, 0.1) is 0 Å². The lowest BCUT2D eigenvalue weighted by Crippen LogP contribution is -2.28. The van der Waals surface area contributed by atoms with Crippen LogP contribution in [0.4, 0.5) is 0 Å². The fourth-order valence-electron chi connectivity index (χ4n) is 1.63. The van der Waals surface area contributed by atoms with Crippen LogP contribution in [-0.4, -0.2) is 23.5 Å². The number of carbonyl (C=O) groups excluding carboxylic acids is 1. The predicted octanol–water partition coefficient (Wildman–Crippen LogP) is 2.48. The quantitative estimate of drug-likeness (QED) is 0.800. The van der Waals surface area contributed by atoms with Crippen molar-refractivity contribution in [2.45, 2.75) is 20.8 Å². The van der Waals surface area contributed by atoms with Gasteiger partial charge in [-0.2, -0.15) is 0 Å². The summed E-state index contributed by atoms with van der Waals surface area (Å²) in [6.45, 7) is 6.48. The number of aliphatic carboxylic acids is 1. The second-order valence-electron chi connectivity index (χ2n) is 4.80. The number of amides is 1. The Kier molecular flexibility index (Phi) is 5.30. The van der Waals surface area contributed by atoms with E-state index in [0.717, 1.165) is 17.2 Å². The molecule has 0 unspecified atom stereocenters. The maximum atomic E-state index is 12.0. The highest BCUT2D eigenvalue weighted by atomic mass is 16.4. The lowest BCUT2D eigenvalue weighted by molar-refractivity contribution is -0.131. The molecule has 1 aromatic rings. The molecule has 0 bridgehead atoms. The van der Waals surface area contributed by atoms with E-state index in [1.54, 1.807) is 18.2 Å². The summed E-state index contributed by atoms with van der Waals surface area (Å²) in [6, 6.07) is 5.27. The normalized spacial score (nSPS) is 10.9. The average molecular weight is 261 g/mol. The van der Waals surface area contributed by atoms with Gasteiger partial charge < -0.3 is 10.4 Å². The zero-order valence-electron chi connectivity index (χ0n) is 11.4. The first-order valence-electron chi connectivity index (χ1n) is 6.20. The number of carboxylic acid groups (broad SMARTS) is 1. The summed E-state index contributed by atoms with van der Waals surface area (Å²) >= 11 is 0. The number of carboxylic acids is 1. The van der Waals surface area contributed by atoms with Crippen molar-refractivity contribution >= 4 is 18.0 Å². The molecule has 2 N–H and O–H groups in total. The van der Waals surface area contributed by atoms with Crippen LogP contribution in [0.5, 0.6) is 0 Å². The Morgan fingerprint density at radius 1 is 1.37 bits per heavy atom. The summed E-state index contributed by atoms with van der Waals surface area (Å²) in [5.41, 5.74) is 2.09. The van der Waals surface area contributed by atoms with E-state index in [4.69, 9.17) is 5.11 Å². The Balaban J connectivity index is 2.94. The second kappa shape index (κ2) is 6.73. The molecule has 1 aromatic carbocycles. The van der Waals surface area contributed by atoms with E-state index in [1.165, 1.54) is 6.08 Å². The van der Waals surface area contributed by atoms with E-state index in [1.807, 2.05) is 20.8 Å². The Labute approximate surface area is 113 Å². The molecule has 102 valence electrons. The highest BCUT2D eigenvalue weighted by Gasteiger charge is 2.10. The van der Waals surface area contributed by atoms with E-state index in [-0.39, 0.29) is 5.91 Å². The van der Waals surface area contributed by atoms with Crippen LogP contribution in [0.2, 0.25) is 0 Å². The fourth-order valence-corrected chi connectivity index (χ4v) is 1.63. The molecule has 0 heterocycles. The zero-order chi connectivity index (χ0) is 14.4. The minimum absolute atomic E-state index is 0.128. The van der Waals surface area contributed by atoms with Gasteiger partial charge in [0.25, 0.3) is 5.91 Å². The Morgan fingerprint density at radius 2 is 2.05 bits per heavy atom. The Bertz CT molecular complexity index is 504. The van der Waals surface area contributed by atoms with Crippen LogP contribution < -0.4 is 5.32 Å². The van der Waals surface area contributed by atoms with Crippen LogP contribution in [0.15, 0.2) is 24.3 Å². The van der Waals surface area contributed by atoms with Crippen molar-refractivity contribution in [2.75, 3.05) is 6.54 Å². The Hall–Kier alpha value is -2.10. The monoisotopic (exact) mass is 261 g/mol. The minimum atomic E-state index is -1.01. The number of hydrogen-bond acceptors (Lipinski definition) is 2. The minimum Gasteiger partial charge on any atom is -0.478 e. The molecular formula is C15H19NO3. The fraction of sp³-hybridized carbons (Fsp3) is 0.333. The summed E-state index contributed by atoms with van der Waals surface area (Å²) < 4.78 is 0. The third-order valence-electron chi connectivity index (χ3n) is 2.70. The van der Waals surface area contributed by atoms with Gasteiger partial charge in [0.1, 0.15) is 0 Å². The SMILES string of the molecule is Cc1c(C=CC(=O)O)cccc1C(=O)NCC(C)C. The largest absolute Gasteiger partial charge is 0.478 e. The summed E-state index contributed by atoms with van der Waals surface area (Å²) in [6.07, 6.45) is 2.56. The molecule has 4 heteroatoms. The molecule has 0 aliphatic heterocycles. The molecule has 0 spiro atoms. The molecular weight excluding hydrogens is 242 g/mol. The van der Waals surface area contributed by atoms with Gasteiger partial charge in [0, 0.05) is 18.2 Å². The van der Waals surface area contributed by atoms with E-state index in [0.29, 0.717) is 18.0 Å². The lowest BCUT2D eigenvalue weighted by Gasteiger charge is -2.11. The maximum absolute atomic E-state index is 12.0. The van der Waals surface area contributed by atoms with Gasteiger partial charge in [-0.3, -0.25) is 4.79 Å². The van der Waals surface area contributed by atoms with E-state index in [9.17, 15) is 9.59 Å². The van der Waals surface area contributed by atoms with Crippen LogP contribution in [0.3, 0.4) is 0 Å². The first kappa shape index (κ1) is 15.0. The van der Waals surface area contributed by atoms with Gasteiger partial charge in [0.2, 0.25) is 0 Å². The molecule has 0 radical (unpaired) electrons. The van der Waals surface area contributed by atoms with Gasteiger partial charge in [-0.25, -0.2) is 4.79 Å². The van der Waals surface area contributed by atoms with Crippen molar-refractivity contribution < 1.29 is 14.7 Å². The van der Waals surface area contributed by atoms with Crippen molar-refractivity contribution in [3.8, 4) is 0 Å². The van der Waals surface area contributed by atoms with Gasteiger partial charge in [-0.05, 0) is 36.1 Å². The van der Waals surface area contributed by atoms with Crippen LogP contribution in [0, 0.1) is 12.8 Å². The van der Waals surface area contributed by atoms with E-state index in [2.05, 4.69) is 5.32 Å². The molecule has 19 heavy (non-hydrogen) atoms. The molecule has 0 aliphatic carbocycles. The van der Waals surface area contributed by atoms with Crippen molar-refractivity contribution in [3.63, 3.8) is 0 Å². The number of hydrogen-bond donors (Lipinski definition) is 2. The van der Waals surface area contributed by atoms with Crippen molar-refractivity contribution in [1.82, 2.24) is 5.32 Å². The van der Waals surface area contributed by atoms with E-state index < -0.39 is 5.97 Å². The average Bonchev–Trinajstić information content (AvgIpc) is 2.34. The molecule has 0 saturated carbocycles. The molecule has 0 aliphatic rings. The first-order chi connectivity index (χ1) is 8.91. The highest BCUT2D eigenvalue weighted by molar-refractivity contribution is 5.97. The van der Waals surface area contributed by atoms with Crippen molar-refractivity contribution in [1.29, 1.82) is 0 Å². The van der Waals surface area contributed by atoms with Gasteiger partial charge in [-0.1, -0.05) is 26.0 Å². The lowest BCUT2D eigenvalue weighted by atomic mass is 10.0. The standard InChI is InChI=1S/C15H19NO3/c1-10(2)9-16-15(19)13-6-4-5-12(11(13)3)7-8-14(17)18/h4-8,10H,9H2,1-3H3,(H,16,19)(H,17,18). The molecule has 0 saturated heterocycles. The van der Waals surface area contributed by atoms with Crippen LogP contribution in [-0.2, 0) is 4.79 Å². The third kappa shape index (κ3) is 4.58. The molecule has 0 fully saturated rings. The van der Waals surface area contributed by atoms with Gasteiger partial charge >= 0.3 is 5.97 Å². The number of carbonyl (C=O) groups is 2. The van der Waals surface area contributed by atoms with Crippen molar-refractivity contribution in [3.05, 3.63) is 41.0 Å². The van der Waals surface area contributed by atoms with E-state index >= 15 is 0 Å². The maximum Gasteiger partial charge on any atom is 0.328 e. The summed E-state index contributed by atoms with van der Waals surface area (Å²) in [4.78, 5) is 22.5. The summed E-state index contributed by atoms with van der Waals surface area (Å²) in [7, 11) is 0. The Morgan fingerprint density at radius 3 is 2.63 bits per heavy atom. The molecule has 0 atom stereocenters. The van der Waals surface area contributed by atoms with Crippen LogP contribution >= 0.6 is 0 Å². The predicted molar refractivity (Wildman–Crippen MR) is 75.0 cm³/mol. The second-order valence-corrected chi connectivity index (χ2v) is 4.80. The number of nitrogens with one attached hydrogen (secondary N) is 1. The number of rotatable bonds is 5. The first-order valence-corrected chi connectivity index (χ1v) is 6.20. The summed E-state index contributed by atoms with van der Waals surface area (Å²) in [5, 5.41) is 11.5. The zero-order valence-corrected chi connectivity index (χ0v) is 11.4.